The van der Waals surface area contributed by atoms with Crippen LogP contribution >= 0.6 is 11.6 Å². The molecule has 0 radical (unpaired) electrons. The molecule has 3 nitrogen and oxygen atoms in total. The summed E-state index contributed by atoms with van der Waals surface area (Å²) in [4.78, 5) is 11.1. The fraction of sp³-hybridized carbons (Fsp3) is 0.692. The predicted molar refractivity (Wildman–Crippen MR) is 74.0 cm³/mol. The average molecular weight is 256 g/mol. The maximum atomic E-state index is 6.18. The molecule has 0 aliphatic carbocycles. The molecule has 1 aromatic rings. The van der Waals surface area contributed by atoms with Crippen LogP contribution in [-0.4, -0.2) is 23.1 Å². The van der Waals surface area contributed by atoms with Gasteiger partial charge in [0.25, 0.3) is 0 Å². The summed E-state index contributed by atoms with van der Waals surface area (Å²) in [6.45, 7) is 10.5. The summed E-state index contributed by atoms with van der Waals surface area (Å²) in [5.41, 5.74) is 0.957. The van der Waals surface area contributed by atoms with Gasteiger partial charge in [0.1, 0.15) is 16.8 Å². The molecule has 0 spiro atoms. The predicted octanol–water partition coefficient (Wildman–Crippen LogP) is 3.80. The Bertz CT molecular complexity index is 390. The third-order valence-corrected chi connectivity index (χ3v) is 3.55. The SMILES string of the molecule is CCC(C)N(C)c1nc(C(C)C)nc(Cl)c1C. The van der Waals surface area contributed by atoms with Gasteiger partial charge in [-0.1, -0.05) is 32.4 Å². The number of rotatable bonds is 4. The molecule has 1 atom stereocenters. The van der Waals surface area contributed by atoms with Crippen molar-refractivity contribution >= 4 is 17.4 Å². The van der Waals surface area contributed by atoms with E-state index in [0.29, 0.717) is 11.2 Å². The maximum absolute atomic E-state index is 6.18. The Labute approximate surface area is 109 Å². The standard InChI is InChI=1S/C13H22ClN3/c1-7-9(4)17(6)13-10(5)11(14)15-12(16-13)8(2)3/h8-9H,7H2,1-6H3. The molecule has 0 fully saturated rings. The molecule has 0 bridgehead atoms. The van der Waals surface area contributed by atoms with Crippen molar-refractivity contribution in [3.05, 3.63) is 16.5 Å². The van der Waals surface area contributed by atoms with Crippen LogP contribution in [0.4, 0.5) is 5.82 Å². The van der Waals surface area contributed by atoms with Gasteiger partial charge in [-0.05, 0) is 20.3 Å². The molecule has 96 valence electrons. The molecular weight excluding hydrogens is 234 g/mol. The molecule has 0 aliphatic heterocycles. The highest BCUT2D eigenvalue weighted by atomic mass is 35.5. The Kier molecular flexibility index (Phi) is 4.75. The number of aromatic nitrogens is 2. The van der Waals surface area contributed by atoms with Gasteiger partial charge in [0.05, 0.1) is 0 Å². The lowest BCUT2D eigenvalue weighted by Crippen LogP contribution is -2.30. The first-order chi connectivity index (χ1) is 7.88. The first-order valence-electron chi connectivity index (χ1n) is 6.15. The Morgan fingerprint density at radius 2 is 1.82 bits per heavy atom. The van der Waals surface area contributed by atoms with Crippen molar-refractivity contribution in [2.45, 2.75) is 53.0 Å². The van der Waals surface area contributed by atoms with Gasteiger partial charge >= 0.3 is 0 Å². The van der Waals surface area contributed by atoms with Crippen LogP contribution in [0.3, 0.4) is 0 Å². The number of halogens is 1. The number of hydrogen-bond acceptors (Lipinski definition) is 3. The van der Waals surface area contributed by atoms with E-state index in [9.17, 15) is 0 Å². The Hall–Kier alpha value is -0.830. The smallest absolute Gasteiger partial charge is 0.137 e. The van der Waals surface area contributed by atoms with E-state index in [-0.39, 0.29) is 5.92 Å². The Balaban J connectivity index is 3.22. The minimum atomic E-state index is 0.289. The van der Waals surface area contributed by atoms with Crippen LogP contribution in [0.2, 0.25) is 5.15 Å². The number of nitrogens with zero attached hydrogens (tertiary/aromatic N) is 3. The summed E-state index contributed by atoms with van der Waals surface area (Å²) in [5.74, 6) is 2.05. The van der Waals surface area contributed by atoms with E-state index in [1.807, 2.05) is 6.92 Å². The monoisotopic (exact) mass is 255 g/mol. The van der Waals surface area contributed by atoms with Gasteiger partial charge in [-0.25, -0.2) is 9.97 Å². The lowest BCUT2D eigenvalue weighted by molar-refractivity contribution is 0.648. The van der Waals surface area contributed by atoms with E-state index in [0.717, 1.165) is 23.6 Å². The molecule has 0 saturated carbocycles. The molecule has 1 rings (SSSR count). The highest BCUT2D eigenvalue weighted by Crippen LogP contribution is 2.26. The van der Waals surface area contributed by atoms with Crippen LogP contribution in [0.25, 0.3) is 0 Å². The van der Waals surface area contributed by atoms with Crippen molar-refractivity contribution in [2.24, 2.45) is 0 Å². The van der Waals surface area contributed by atoms with Gasteiger partial charge in [-0.15, -0.1) is 0 Å². The molecule has 1 aromatic heterocycles. The fourth-order valence-electron chi connectivity index (χ4n) is 1.58. The average Bonchev–Trinajstić information content (AvgIpc) is 2.30. The quantitative estimate of drug-likeness (QED) is 0.767. The molecule has 0 saturated heterocycles. The Morgan fingerprint density at radius 1 is 1.24 bits per heavy atom. The maximum Gasteiger partial charge on any atom is 0.137 e. The number of anilines is 1. The number of hydrogen-bond donors (Lipinski definition) is 0. The van der Waals surface area contributed by atoms with Crippen LogP contribution in [0.1, 0.15) is 51.4 Å². The summed E-state index contributed by atoms with van der Waals surface area (Å²) >= 11 is 6.18. The van der Waals surface area contributed by atoms with Crippen molar-refractivity contribution in [2.75, 3.05) is 11.9 Å². The van der Waals surface area contributed by atoms with Crippen LogP contribution in [0, 0.1) is 6.92 Å². The topological polar surface area (TPSA) is 29.0 Å². The minimum Gasteiger partial charge on any atom is -0.357 e. The van der Waals surface area contributed by atoms with Crippen molar-refractivity contribution in [3.63, 3.8) is 0 Å². The molecule has 0 aliphatic rings. The van der Waals surface area contributed by atoms with Gasteiger partial charge in [0.15, 0.2) is 0 Å². The first kappa shape index (κ1) is 14.2. The molecule has 0 amide bonds. The van der Waals surface area contributed by atoms with Gasteiger partial charge in [-0.2, -0.15) is 0 Å². The van der Waals surface area contributed by atoms with Crippen LogP contribution < -0.4 is 4.90 Å². The molecule has 1 unspecified atom stereocenters. The molecule has 4 heteroatoms. The summed E-state index contributed by atoms with van der Waals surface area (Å²) in [6, 6.07) is 0.444. The first-order valence-corrected chi connectivity index (χ1v) is 6.53. The fourth-order valence-corrected chi connectivity index (χ4v) is 1.75. The normalized spacial score (nSPS) is 12.9. The zero-order valence-corrected chi connectivity index (χ0v) is 12.3. The van der Waals surface area contributed by atoms with Gasteiger partial charge in [0, 0.05) is 24.6 Å². The van der Waals surface area contributed by atoms with Gasteiger partial charge < -0.3 is 4.90 Å². The third kappa shape index (κ3) is 3.09. The van der Waals surface area contributed by atoms with E-state index in [1.54, 1.807) is 0 Å². The van der Waals surface area contributed by atoms with E-state index < -0.39 is 0 Å². The summed E-state index contributed by atoms with van der Waals surface area (Å²) in [5, 5.41) is 0.564. The lowest BCUT2D eigenvalue weighted by Gasteiger charge is -2.27. The summed E-state index contributed by atoms with van der Waals surface area (Å²) < 4.78 is 0. The van der Waals surface area contributed by atoms with E-state index in [2.05, 4.69) is 49.6 Å². The molecule has 1 heterocycles. The van der Waals surface area contributed by atoms with E-state index in [4.69, 9.17) is 11.6 Å². The second-order valence-electron chi connectivity index (χ2n) is 4.84. The highest BCUT2D eigenvalue weighted by Gasteiger charge is 2.17. The van der Waals surface area contributed by atoms with Crippen LogP contribution in [0.15, 0.2) is 0 Å². The molecule has 0 N–H and O–H groups in total. The van der Waals surface area contributed by atoms with Crippen molar-refractivity contribution in [1.82, 2.24) is 9.97 Å². The lowest BCUT2D eigenvalue weighted by atomic mass is 10.2. The van der Waals surface area contributed by atoms with Crippen molar-refractivity contribution < 1.29 is 0 Å². The van der Waals surface area contributed by atoms with Crippen LogP contribution in [-0.2, 0) is 0 Å². The molecular formula is C13H22ClN3. The highest BCUT2D eigenvalue weighted by molar-refractivity contribution is 6.30. The largest absolute Gasteiger partial charge is 0.357 e. The van der Waals surface area contributed by atoms with Crippen molar-refractivity contribution in [1.29, 1.82) is 0 Å². The Morgan fingerprint density at radius 3 is 2.29 bits per heavy atom. The summed E-state index contributed by atoms with van der Waals surface area (Å²) in [6.07, 6.45) is 1.08. The minimum absolute atomic E-state index is 0.289. The second-order valence-corrected chi connectivity index (χ2v) is 5.20. The summed E-state index contributed by atoms with van der Waals surface area (Å²) in [7, 11) is 2.06. The van der Waals surface area contributed by atoms with Gasteiger partial charge in [-0.3, -0.25) is 0 Å². The zero-order valence-electron chi connectivity index (χ0n) is 11.6. The van der Waals surface area contributed by atoms with Crippen LogP contribution in [0.5, 0.6) is 0 Å². The van der Waals surface area contributed by atoms with Gasteiger partial charge in [0.2, 0.25) is 0 Å². The molecule has 0 aromatic carbocycles. The third-order valence-electron chi connectivity index (χ3n) is 3.18. The zero-order chi connectivity index (χ0) is 13.2. The van der Waals surface area contributed by atoms with Crippen molar-refractivity contribution in [3.8, 4) is 0 Å². The van der Waals surface area contributed by atoms with E-state index >= 15 is 0 Å². The van der Waals surface area contributed by atoms with E-state index in [1.165, 1.54) is 0 Å². The molecule has 17 heavy (non-hydrogen) atoms. The second kappa shape index (κ2) is 5.67.